The van der Waals surface area contributed by atoms with Gasteiger partial charge in [-0.15, -0.1) is 5.10 Å². The molecule has 5 nitrogen and oxygen atoms in total. The molecule has 1 N–H and O–H groups in total. The quantitative estimate of drug-likeness (QED) is 0.710. The van der Waals surface area contributed by atoms with Gasteiger partial charge in [0.25, 0.3) is 10.0 Å². The number of hydrogen-bond acceptors (Lipinski definition) is 4. The van der Waals surface area contributed by atoms with Crippen molar-refractivity contribution in [1.29, 1.82) is 0 Å². The maximum Gasteiger partial charge on any atom is 0.282 e. The van der Waals surface area contributed by atoms with E-state index >= 15 is 0 Å². The second-order valence-electron chi connectivity index (χ2n) is 3.81. The molecule has 0 aliphatic carbocycles. The SMILES string of the molecule is CCc1ccc2[nH]nnc2c1CC.[SiH3]O[SiH2]O[SiH3]. The lowest BCUT2D eigenvalue weighted by molar-refractivity contribution is 0.513. The van der Waals surface area contributed by atoms with Crippen LogP contribution in [0.4, 0.5) is 0 Å². The maximum absolute atomic E-state index is 4.78. The predicted molar refractivity (Wildman–Crippen MR) is 83.2 cm³/mol. The van der Waals surface area contributed by atoms with E-state index in [0.717, 1.165) is 44.8 Å². The van der Waals surface area contributed by atoms with Crippen LogP contribution in [0.25, 0.3) is 11.0 Å². The van der Waals surface area contributed by atoms with Crippen LogP contribution in [0.5, 0.6) is 0 Å². The Morgan fingerprint density at radius 1 is 1.22 bits per heavy atom. The molecule has 0 saturated heterocycles. The normalized spacial score (nSPS) is 11.2. The van der Waals surface area contributed by atoms with Crippen molar-refractivity contribution in [2.45, 2.75) is 26.7 Å². The van der Waals surface area contributed by atoms with Crippen molar-refractivity contribution in [3.8, 4) is 0 Å². The Bertz CT molecular complexity index is 476. The molecule has 2 rings (SSSR count). The summed E-state index contributed by atoms with van der Waals surface area (Å²) in [6, 6.07) is 4.20. The zero-order valence-electron chi connectivity index (χ0n) is 11.5. The Kier molecular flexibility index (Phi) is 7.05. The van der Waals surface area contributed by atoms with Gasteiger partial charge in [-0.05, 0) is 30.0 Å². The molecule has 0 spiro atoms. The first-order chi connectivity index (χ1) is 8.78. The fourth-order valence-electron chi connectivity index (χ4n) is 1.86. The first-order valence-corrected chi connectivity index (χ1v) is 8.86. The molecular formula is C10H21N3O2Si3. The lowest BCUT2D eigenvalue weighted by Crippen LogP contribution is -1.96. The molecule has 100 valence electrons. The number of benzene rings is 1. The standard InChI is InChI=1S/C10H13N3.H8O2Si3/c1-3-7-5-6-9-10(8(7)4-2)12-13-11-9;3-1-5-2-4/h5-6H,3-4H2,1-2H3,(H,11,12,13);5H2,3-4H3. The summed E-state index contributed by atoms with van der Waals surface area (Å²) in [4.78, 5) is 0. The molecular weight excluding hydrogens is 278 g/mol. The van der Waals surface area contributed by atoms with E-state index in [1.807, 2.05) is 6.07 Å². The van der Waals surface area contributed by atoms with E-state index in [2.05, 4.69) is 35.3 Å². The van der Waals surface area contributed by atoms with Crippen LogP contribution < -0.4 is 0 Å². The number of aryl methyl sites for hydroxylation is 2. The minimum Gasteiger partial charge on any atom is -0.449 e. The lowest BCUT2D eigenvalue weighted by Gasteiger charge is -2.04. The maximum atomic E-state index is 4.78. The van der Waals surface area contributed by atoms with E-state index in [4.69, 9.17) is 8.23 Å². The van der Waals surface area contributed by atoms with E-state index in [-0.39, 0.29) is 0 Å². The second kappa shape index (κ2) is 8.32. The first-order valence-electron chi connectivity index (χ1n) is 6.07. The molecule has 0 fully saturated rings. The fraction of sp³-hybridized carbons (Fsp3) is 0.400. The minimum absolute atomic E-state index is 0.444. The molecule has 0 unspecified atom stereocenters. The van der Waals surface area contributed by atoms with Gasteiger partial charge in [0, 0.05) is 0 Å². The van der Waals surface area contributed by atoms with Gasteiger partial charge in [0.1, 0.15) is 26.5 Å². The third-order valence-electron chi connectivity index (χ3n) is 2.67. The number of hydrogen-bond donors (Lipinski definition) is 1. The van der Waals surface area contributed by atoms with Crippen LogP contribution in [0.1, 0.15) is 25.0 Å². The van der Waals surface area contributed by atoms with Gasteiger partial charge in [0.05, 0.1) is 5.52 Å². The topological polar surface area (TPSA) is 60.0 Å². The molecule has 0 bridgehead atoms. The predicted octanol–water partition coefficient (Wildman–Crippen LogP) is -1.34. The highest BCUT2D eigenvalue weighted by atomic mass is 28.3. The molecule has 1 aromatic carbocycles. The highest BCUT2D eigenvalue weighted by molar-refractivity contribution is 6.33. The Balaban J connectivity index is 0.000000280. The Hall–Kier alpha value is -0.809. The van der Waals surface area contributed by atoms with Gasteiger partial charge >= 0.3 is 0 Å². The third-order valence-corrected chi connectivity index (χ3v) is 4.56. The number of nitrogens with zero attached hydrogens (tertiary/aromatic N) is 2. The summed E-state index contributed by atoms with van der Waals surface area (Å²) in [7, 11) is 1.27. The van der Waals surface area contributed by atoms with Crippen molar-refractivity contribution >= 4 is 42.0 Å². The number of rotatable bonds is 4. The van der Waals surface area contributed by atoms with E-state index in [0.29, 0.717) is 0 Å². The summed E-state index contributed by atoms with van der Waals surface area (Å²) in [6.07, 6.45) is 2.08. The van der Waals surface area contributed by atoms with Gasteiger partial charge in [-0.25, -0.2) is 0 Å². The van der Waals surface area contributed by atoms with Crippen LogP contribution in [-0.2, 0) is 21.1 Å². The lowest BCUT2D eigenvalue weighted by atomic mass is 10.0. The van der Waals surface area contributed by atoms with Gasteiger partial charge < -0.3 is 8.23 Å². The number of aromatic nitrogens is 3. The van der Waals surface area contributed by atoms with Crippen LogP contribution >= 0.6 is 0 Å². The number of fused-ring (bicyclic) bond motifs is 1. The van der Waals surface area contributed by atoms with Crippen molar-refractivity contribution in [3.63, 3.8) is 0 Å². The van der Waals surface area contributed by atoms with Crippen LogP contribution in [0.3, 0.4) is 0 Å². The summed E-state index contributed by atoms with van der Waals surface area (Å²) in [5, 5.41) is 10.8. The van der Waals surface area contributed by atoms with Gasteiger partial charge in [-0.2, -0.15) is 0 Å². The van der Waals surface area contributed by atoms with E-state index in [9.17, 15) is 0 Å². The zero-order chi connectivity index (χ0) is 13.4. The van der Waals surface area contributed by atoms with E-state index in [1.54, 1.807) is 0 Å². The summed E-state index contributed by atoms with van der Waals surface area (Å²) < 4.78 is 9.56. The molecule has 8 heteroatoms. The van der Waals surface area contributed by atoms with Crippen molar-refractivity contribution in [2.24, 2.45) is 0 Å². The first kappa shape index (κ1) is 15.2. The summed E-state index contributed by atoms with van der Waals surface area (Å²) in [5.74, 6) is 0. The van der Waals surface area contributed by atoms with Crippen molar-refractivity contribution in [3.05, 3.63) is 23.3 Å². The highest BCUT2D eigenvalue weighted by Gasteiger charge is 2.06. The summed E-state index contributed by atoms with van der Waals surface area (Å²) in [5.41, 5.74) is 4.77. The van der Waals surface area contributed by atoms with Gasteiger partial charge in [-0.3, -0.25) is 5.10 Å². The van der Waals surface area contributed by atoms with Crippen LogP contribution in [0.2, 0.25) is 0 Å². The molecule has 0 aliphatic heterocycles. The molecule has 18 heavy (non-hydrogen) atoms. The average molecular weight is 300 g/mol. The molecule has 0 atom stereocenters. The molecule has 1 aromatic heterocycles. The van der Waals surface area contributed by atoms with E-state index in [1.165, 1.54) is 11.1 Å². The summed E-state index contributed by atoms with van der Waals surface area (Å²) in [6.45, 7) is 4.32. The number of aromatic amines is 1. The Morgan fingerprint density at radius 3 is 2.44 bits per heavy atom. The Labute approximate surface area is 116 Å². The monoisotopic (exact) mass is 299 g/mol. The number of H-pyrrole nitrogens is 1. The van der Waals surface area contributed by atoms with Gasteiger partial charge in [0.2, 0.25) is 0 Å². The number of nitrogens with one attached hydrogen (secondary N) is 1. The summed E-state index contributed by atoms with van der Waals surface area (Å²) >= 11 is 0. The Morgan fingerprint density at radius 2 is 1.94 bits per heavy atom. The molecule has 2 aromatic rings. The minimum atomic E-state index is -0.444. The molecule has 0 saturated carbocycles. The molecule has 0 radical (unpaired) electrons. The fourth-order valence-corrected chi connectivity index (χ4v) is 4.92. The van der Waals surface area contributed by atoms with E-state index < -0.39 is 10.0 Å². The van der Waals surface area contributed by atoms with Crippen molar-refractivity contribution in [2.75, 3.05) is 0 Å². The molecule has 0 aliphatic rings. The second-order valence-corrected chi connectivity index (χ2v) is 8.67. The van der Waals surface area contributed by atoms with Crippen LogP contribution in [-0.4, -0.2) is 46.4 Å². The highest BCUT2D eigenvalue weighted by Crippen LogP contribution is 2.19. The molecule has 1 heterocycles. The smallest absolute Gasteiger partial charge is 0.282 e. The largest absolute Gasteiger partial charge is 0.449 e. The van der Waals surface area contributed by atoms with Crippen LogP contribution in [0, 0.1) is 0 Å². The molecule has 0 amide bonds. The zero-order valence-corrected chi connectivity index (χ0v) is 16.9. The van der Waals surface area contributed by atoms with Gasteiger partial charge in [-0.1, -0.05) is 25.1 Å². The van der Waals surface area contributed by atoms with Crippen molar-refractivity contribution < 1.29 is 8.23 Å². The van der Waals surface area contributed by atoms with Gasteiger partial charge in [0.15, 0.2) is 0 Å². The third kappa shape index (κ3) is 3.85. The average Bonchev–Trinajstić information content (AvgIpc) is 2.87. The van der Waals surface area contributed by atoms with Crippen molar-refractivity contribution in [1.82, 2.24) is 15.4 Å². The van der Waals surface area contributed by atoms with Crippen LogP contribution in [0.15, 0.2) is 12.1 Å².